The van der Waals surface area contributed by atoms with E-state index in [4.69, 9.17) is 5.73 Å². The lowest BCUT2D eigenvalue weighted by Gasteiger charge is -2.11. The van der Waals surface area contributed by atoms with E-state index in [1.165, 1.54) is 6.07 Å². The highest BCUT2D eigenvalue weighted by Gasteiger charge is 2.30. The first-order valence-corrected chi connectivity index (χ1v) is 5.99. The number of carbonyl (C=O) groups is 1. The van der Waals surface area contributed by atoms with Gasteiger partial charge >= 0.3 is 6.18 Å². The molecule has 18 heavy (non-hydrogen) atoms. The molecule has 0 fully saturated rings. The maximum Gasteiger partial charge on any atom is 0.416 e. The molecule has 0 bridgehead atoms. The van der Waals surface area contributed by atoms with Gasteiger partial charge in [0.1, 0.15) is 0 Å². The fourth-order valence-corrected chi connectivity index (χ4v) is 1.84. The van der Waals surface area contributed by atoms with Gasteiger partial charge in [0.25, 0.3) is 0 Å². The third-order valence-corrected chi connectivity index (χ3v) is 2.87. The molecule has 0 radical (unpaired) electrons. The zero-order chi connectivity index (χ0) is 13.8. The molecule has 1 aromatic carbocycles. The fourth-order valence-electron chi connectivity index (χ4n) is 1.32. The van der Waals surface area contributed by atoms with Crippen LogP contribution in [0, 0.1) is 0 Å². The van der Waals surface area contributed by atoms with Crippen molar-refractivity contribution in [2.24, 2.45) is 5.73 Å². The van der Waals surface area contributed by atoms with Crippen LogP contribution in [0.4, 0.5) is 18.9 Å². The van der Waals surface area contributed by atoms with Crippen molar-refractivity contribution in [3.63, 3.8) is 0 Å². The number of primary amides is 1. The number of amides is 1. The molecule has 1 aromatic rings. The SMILES string of the molecule is NC(=O)CCCNc1ccc(C(F)(F)F)cc1Br. The molecule has 0 atom stereocenters. The average molecular weight is 325 g/mol. The van der Waals surface area contributed by atoms with E-state index in [1.807, 2.05) is 0 Å². The highest BCUT2D eigenvalue weighted by Crippen LogP contribution is 2.33. The van der Waals surface area contributed by atoms with Crippen LogP contribution in [0.15, 0.2) is 22.7 Å². The molecule has 0 aromatic heterocycles. The van der Waals surface area contributed by atoms with Crippen LogP contribution in [-0.2, 0) is 11.0 Å². The van der Waals surface area contributed by atoms with Crippen LogP contribution in [0.5, 0.6) is 0 Å². The maximum atomic E-state index is 12.4. The number of halogens is 4. The number of alkyl halides is 3. The topological polar surface area (TPSA) is 55.1 Å². The Morgan fingerprint density at radius 3 is 2.56 bits per heavy atom. The Morgan fingerprint density at radius 1 is 1.39 bits per heavy atom. The van der Waals surface area contributed by atoms with Gasteiger partial charge in [0.15, 0.2) is 0 Å². The van der Waals surface area contributed by atoms with Crippen molar-refractivity contribution >= 4 is 27.5 Å². The number of carbonyl (C=O) groups excluding carboxylic acids is 1. The Bertz CT molecular complexity index is 435. The van der Waals surface area contributed by atoms with Crippen molar-refractivity contribution in [3.05, 3.63) is 28.2 Å². The highest BCUT2D eigenvalue weighted by atomic mass is 79.9. The summed E-state index contributed by atoms with van der Waals surface area (Å²) in [6, 6.07) is 3.36. The lowest BCUT2D eigenvalue weighted by molar-refractivity contribution is -0.137. The standard InChI is InChI=1S/C11H12BrF3N2O/c12-8-6-7(11(13,14)15)3-4-9(8)17-5-1-2-10(16)18/h3-4,6,17H,1-2,5H2,(H2,16,18). The summed E-state index contributed by atoms with van der Waals surface area (Å²) in [5, 5.41) is 2.92. The summed E-state index contributed by atoms with van der Waals surface area (Å²) in [7, 11) is 0. The van der Waals surface area contributed by atoms with Gasteiger partial charge in [0.05, 0.1) is 5.56 Å². The van der Waals surface area contributed by atoms with Crippen molar-refractivity contribution in [3.8, 4) is 0 Å². The number of nitrogens with one attached hydrogen (secondary N) is 1. The minimum Gasteiger partial charge on any atom is -0.384 e. The second kappa shape index (κ2) is 6.08. The van der Waals surface area contributed by atoms with Crippen molar-refractivity contribution < 1.29 is 18.0 Å². The first-order chi connectivity index (χ1) is 8.30. The van der Waals surface area contributed by atoms with Crippen LogP contribution in [0.1, 0.15) is 18.4 Å². The molecular weight excluding hydrogens is 313 g/mol. The third kappa shape index (κ3) is 4.56. The normalized spacial score (nSPS) is 11.3. The summed E-state index contributed by atoms with van der Waals surface area (Å²) in [5.74, 6) is -0.400. The molecule has 3 nitrogen and oxygen atoms in total. The van der Waals surface area contributed by atoms with E-state index >= 15 is 0 Å². The fraction of sp³-hybridized carbons (Fsp3) is 0.364. The molecule has 0 saturated carbocycles. The van der Waals surface area contributed by atoms with Gasteiger partial charge in [-0.15, -0.1) is 0 Å². The lowest BCUT2D eigenvalue weighted by Crippen LogP contribution is -2.13. The van der Waals surface area contributed by atoms with Crippen LogP contribution in [-0.4, -0.2) is 12.5 Å². The van der Waals surface area contributed by atoms with Gasteiger partial charge in [-0.25, -0.2) is 0 Å². The van der Waals surface area contributed by atoms with Gasteiger partial charge in [-0.3, -0.25) is 4.79 Å². The van der Waals surface area contributed by atoms with E-state index in [1.54, 1.807) is 0 Å². The van der Waals surface area contributed by atoms with Crippen molar-refractivity contribution in [2.45, 2.75) is 19.0 Å². The van der Waals surface area contributed by atoms with Gasteiger partial charge in [-0.05, 0) is 40.5 Å². The Balaban J connectivity index is 2.60. The third-order valence-electron chi connectivity index (χ3n) is 2.21. The van der Waals surface area contributed by atoms with E-state index in [-0.39, 0.29) is 6.42 Å². The number of benzene rings is 1. The number of nitrogens with two attached hydrogens (primary N) is 1. The molecule has 1 amide bonds. The first-order valence-electron chi connectivity index (χ1n) is 5.19. The quantitative estimate of drug-likeness (QED) is 0.817. The van der Waals surface area contributed by atoms with Crippen molar-refractivity contribution in [2.75, 3.05) is 11.9 Å². The van der Waals surface area contributed by atoms with Crippen LogP contribution in [0.25, 0.3) is 0 Å². The number of hydrogen-bond acceptors (Lipinski definition) is 2. The molecule has 100 valence electrons. The lowest BCUT2D eigenvalue weighted by atomic mass is 10.2. The predicted molar refractivity (Wildman–Crippen MR) is 66.1 cm³/mol. The Morgan fingerprint density at radius 2 is 2.06 bits per heavy atom. The largest absolute Gasteiger partial charge is 0.416 e. The van der Waals surface area contributed by atoms with Crippen molar-refractivity contribution in [1.29, 1.82) is 0 Å². The molecule has 0 spiro atoms. The smallest absolute Gasteiger partial charge is 0.384 e. The summed E-state index contributed by atoms with van der Waals surface area (Å²) in [6.07, 6.45) is -3.58. The van der Waals surface area contributed by atoms with E-state index < -0.39 is 17.6 Å². The van der Waals surface area contributed by atoms with Gasteiger partial charge < -0.3 is 11.1 Å². The summed E-state index contributed by atoms with van der Waals surface area (Å²) in [5.41, 5.74) is 4.81. The summed E-state index contributed by atoms with van der Waals surface area (Å²) < 4.78 is 37.5. The van der Waals surface area contributed by atoms with Crippen molar-refractivity contribution in [1.82, 2.24) is 0 Å². The molecule has 0 aliphatic rings. The van der Waals surface area contributed by atoms with Gasteiger partial charge in [0, 0.05) is 23.1 Å². The summed E-state index contributed by atoms with van der Waals surface area (Å²) >= 11 is 3.07. The monoisotopic (exact) mass is 324 g/mol. The highest BCUT2D eigenvalue weighted by molar-refractivity contribution is 9.10. The Hall–Kier alpha value is -1.24. The molecule has 3 N–H and O–H groups in total. The van der Waals surface area contributed by atoms with Crippen LogP contribution >= 0.6 is 15.9 Å². The summed E-state index contributed by atoms with van der Waals surface area (Å²) in [6.45, 7) is 0.465. The van der Waals surface area contributed by atoms with Gasteiger partial charge in [0.2, 0.25) is 5.91 Å². The Kier molecular flexibility index (Phi) is 5.01. The molecule has 0 aliphatic carbocycles. The minimum absolute atomic E-state index is 0.241. The second-order valence-corrected chi connectivity index (χ2v) is 4.54. The van der Waals surface area contributed by atoms with Gasteiger partial charge in [-0.2, -0.15) is 13.2 Å². The maximum absolute atomic E-state index is 12.4. The second-order valence-electron chi connectivity index (χ2n) is 3.69. The summed E-state index contributed by atoms with van der Waals surface area (Å²) in [4.78, 5) is 10.5. The van der Waals surface area contributed by atoms with Gasteiger partial charge in [-0.1, -0.05) is 0 Å². The minimum atomic E-state index is -4.35. The zero-order valence-electron chi connectivity index (χ0n) is 9.35. The molecule has 0 saturated heterocycles. The zero-order valence-corrected chi connectivity index (χ0v) is 10.9. The van der Waals surface area contributed by atoms with Crippen LogP contribution < -0.4 is 11.1 Å². The Labute approximate surface area is 111 Å². The molecular formula is C11H12BrF3N2O. The average Bonchev–Trinajstić information content (AvgIpc) is 2.24. The predicted octanol–water partition coefficient (Wildman–Crippen LogP) is 3.15. The molecule has 1 rings (SSSR count). The molecule has 0 heterocycles. The molecule has 7 heteroatoms. The first kappa shape index (κ1) is 14.8. The van der Waals surface area contributed by atoms with E-state index in [0.29, 0.717) is 23.1 Å². The number of hydrogen-bond donors (Lipinski definition) is 2. The number of anilines is 1. The molecule has 0 unspecified atom stereocenters. The van der Waals surface area contributed by atoms with Crippen LogP contribution in [0.3, 0.4) is 0 Å². The molecule has 0 aliphatic heterocycles. The van der Waals surface area contributed by atoms with Crippen LogP contribution in [0.2, 0.25) is 0 Å². The van der Waals surface area contributed by atoms with E-state index in [0.717, 1.165) is 12.1 Å². The van der Waals surface area contributed by atoms with E-state index in [2.05, 4.69) is 21.2 Å². The van der Waals surface area contributed by atoms with E-state index in [9.17, 15) is 18.0 Å². The number of rotatable bonds is 5.